The highest BCUT2D eigenvalue weighted by Gasteiger charge is 2.31. The molecule has 21 heavy (non-hydrogen) atoms. The molecular weight excluding hydrogens is 271 g/mol. The molecule has 2 aliphatic rings. The lowest BCUT2D eigenvalue weighted by atomic mass is 10.1. The Morgan fingerprint density at radius 3 is 1.90 bits per heavy atom. The van der Waals surface area contributed by atoms with Crippen LogP contribution in [0.4, 0.5) is 0 Å². The van der Waals surface area contributed by atoms with E-state index in [0.717, 1.165) is 11.3 Å². The summed E-state index contributed by atoms with van der Waals surface area (Å²) in [6.07, 6.45) is 18.2. The molecule has 1 heteroatoms. The molecule has 2 saturated carbocycles. The lowest BCUT2D eigenvalue weighted by Gasteiger charge is -2.30. The summed E-state index contributed by atoms with van der Waals surface area (Å²) in [7, 11) is 0.357. The van der Waals surface area contributed by atoms with E-state index in [9.17, 15) is 0 Å². The van der Waals surface area contributed by atoms with Gasteiger partial charge in [0, 0.05) is 0 Å². The summed E-state index contributed by atoms with van der Waals surface area (Å²) < 4.78 is 0. The molecule has 0 nitrogen and oxygen atoms in total. The van der Waals surface area contributed by atoms with Crippen LogP contribution in [0.3, 0.4) is 0 Å². The van der Waals surface area contributed by atoms with Crippen LogP contribution in [0.2, 0.25) is 0 Å². The molecule has 2 fully saturated rings. The van der Waals surface area contributed by atoms with Crippen LogP contribution in [0, 0.1) is 0 Å². The molecule has 0 spiro atoms. The fraction of sp³-hybridized carbons (Fsp3) is 0.700. The van der Waals surface area contributed by atoms with Crippen molar-refractivity contribution in [2.45, 2.75) is 81.9 Å². The van der Waals surface area contributed by atoms with Crippen molar-refractivity contribution in [2.75, 3.05) is 6.16 Å². The number of benzene rings is 1. The Morgan fingerprint density at radius 1 is 0.762 bits per heavy atom. The average molecular weight is 302 g/mol. The molecule has 0 saturated heterocycles. The van der Waals surface area contributed by atoms with Crippen molar-refractivity contribution in [3.05, 3.63) is 35.9 Å². The van der Waals surface area contributed by atoms with Gasteiger partial charge in [-0.15, -0.1) is 7.92 Å². The third kappa shape index (κ3) is 4.56. The zero-order chi connectivity index (χ0) is 14.3. The second-order valence-corrected chi connectivity index (χ2v) is 9.99. The summed E-state index contributed by atoms with van der Waals surface area (Å²) in [6, 6.07) is 11.1. The molecule has 116 valence electrons. The zero-order valence-electron chi connectivity index (χ0n) is 13.5. The van der Waals surface area contributed by atoms with Crippen molar-refractivity contribution >= 4 is 7.92 Å². The maximum absolute atomic E-state index is 2.29. The molecule has 0 aromatic heterocycles. The third-order valence-corrected chi connectivity index (χ3v) is 9.30. The van der Waals surface area contributed by atoms with Crippen LogP contribution in [-0.2, 0) is 6.42 Å². The Labute approximate surface area is 132 Å². The lowest BCUT2D eigenvalue weighted by Crippen LogP contribution is -2.12. The van der Waals surface area contributed by atoms with Gasteiger partial charge in [0.25, 0.3) is 0 Å². The first-order chi connectivity index (χ1) is 10.4. The molecular formula is C20H31P. The van der Waals surface area contributed by atoms with Gasteiger partial charge in [0.1, 0.15) is 0 Å². The molecule has 1 aromatic rings. The van der Waals surface area contributed by atoms with E-state index in [2.05, 4.69) is 30.3 Å². The van der Waals surface area contributed by atoms with Crippen molar-refractivity contribution in [3.8, 4) is 0 Å². The van der Waals surface area contributed by atoms with Crippen LogP contribution < -0.4 is 0 Å². The smallest absolute Gasteiger partial charge is 0.0207 e. The molecule has 0 aliphatic heterocycles. The minimum Gasteiger partial charge on any atom is -0.100 e. The third-order valence-electron chi connectivity index (χ3n) is 5.56. The van der Waals surface area contributed by atoms with Gasteiger partial charge >= 0.3 is 0 Å². The lowest BCUT2D eigenvalue weighted by molar-refractivity contribution is 0.771. The van der Waals surface area contributed by atoms with Gasteiger partial charge in [-0.05, 0) is 68.0 Å². The molecule has 0 bridgehead atoms. The van der Waals surface area contributed by atoms with Crippen molar-refractivity contribution < 1.29 is 0 Å². The minimum atomic E-state index is 0.357. The number of unbranched alkanes of at least 4 members (excludes halogenated alkanes) is 1. The van der Waals surface area contributed by atoms with E-state index in [1.807, 2.05) is 0 Å². The van der Waals surface area contributed by atoms with Gasteiger partial charge in [-0.3, -0.25) is 0 Å². The highest BCUT2D eigenvalue weighted by Crippen LogP contribution is 2.57. The molecule has 3 rings (SSSR count). The predicted octanol–water partition coefficient (Wildman–Crippen LogP) is 6.38. The zero-order valence-corrected chi connectivity index (χ0v) is 14.4. The van der Waals surface area contributed by atoms with Gasteiger partial charge in [0.2, 0.25) is 0 Å². The molecule has 0 atom stereocenters. The van der Waals surface area contributed by atoms with Crippen LogP contribution >= 0.6 is 7.92 Å². The summed E-state index contributed by atoms with van der Waals surface area (Å²) in [4.78, 5) is 0. The minimum absolute atomic E-state index is 0.357. The summed E-state index contributed by atoms with van der Waals surface area (Å²) in [5.74, 6) is 0. The average Bonchev–Trinajstić information content (AvgIpc) is 3.22. The number of hydrogen-bond acceptors (Lipinski definition) is 0. The molecule has 0 N–H and O–H groups in total. The normalized spacial score (nSPS) is 20.6. The van der Waals surface area contributed by atoms with Crippen molar-refractivity contribution in [2.24, 2.45) is 0 Å². The highest BCUT2D eigenvalue weighted by atomic mass is 31.1. The van der Waals surface area contributed by atoms with Gasteiger partial charge in [-0.2, -0.15) is 0 Å². The predicted molar refractivity (Wildman–Crippen MR) is 95.7 cm³/mol. The summed E-state index contributed by atoms with van der Waals surface area (Å²) in [5, 5.41) is 0. The Balaban J connectivity index is 1.45. The van der Waals surface area contributed by atoms with E-state index in [-0.39, 0.29) is 0 Å². The van der Waals surface area contributed by atoms with E-state index in [1.54, 1.807) is 31.8 Å². The number of hydrogen-bond donors (Lipinski definition) is 0. The van der Waals surface area contributed by atoms with Crippen LogP contribution in [-0.4, -0.2) is 17.5 Å². The molecule has 0 radical (unpaired) electrons. The van der Waals surface area contributed by atoms with E-state index in [1.165, 1.54) is 50.5 Å². The Bertz CT molecular complexity index is 372. The second kappa shape index (κ2) is 8.33. The van der Waals surface area contributed by atoms with E-state index in [0.29, 0.717) is 7.92 Å². The standard InChI is InChI=1S/C20H31P/c1-2-10-18(11-3-1)12-8-9-17-21(19-13-4-5-14-19)20-15-6-7-16-20/h1-3,10-11,19-20H,4-9,12-17H2. The fourth-order valence-electron chi connectivity index (χ4n) is 4.40. The Kier molecular flexibility index (Phi) is 6.16. The monoisotopic (exact) mass is 302 g/mol. The van der Waals surface area contributed by atoms with Crippen molar-refractivity contribution in [1.82, 2.24) is 0 Å². The van der Waals surface area contributed by atoms with Crippen LogP contribution in [0.25, 0.3) is 0 Å². The van der Waals surface area contributed by atoms with Gasteiger partial charge in [0.15, 0.2) is 0 Å². The second-order valence-electron chi connectivity index (χ2n) is 7.06. The molecule has 0 unspecified atom stereocenters. The maximum Gasteiger partial charge on any atom is -0.0207 e. The van der Waals surface area contributed by atoms with E-state index >= 15 is 0 Å². The first kappa shape index (κ1) is 15.5. The largest absolute Gasteiger partial charge is 0.100 e. The van der Waals surface area contributed by atoms with Gasteiger partial charge in [-0.25, -0.2) is 0 Å². The SMILES string of the molecule is c1ccc(CCCCP(C2CCCC2)C2CCCC2)cc1. The first-order valence-corrected chi connectivity index (χ1v) is 10.9. The van der Waals surface area contributed by atoms with Gasteiger partial charge in [-0.1, -0.05) is 56.0 Å². The van der Waals surface area contributed by atoms with Crippen molar-refractivity contribution in [3.63, 3.8) is 0 Å². The van der Waals surface area contributed by atoms with E-state index in [4.69, 9.17) is 0 Å². The topological polar surface area (TPSA) is 0 Å². The van der Waals surface area contributed by atoms with Crippen LogP contribution in [0.15, 0.2) is 30.3 Å². The van der Waals surface area contributed by atoms with Gasteiger partial charge in [0.05, 0.1) is 0 Å². The van der Waals surface area contributed by atoms with Crippen molar-refractivity contribution in [1.29, 1.82) is 0 Å². The molecule has 0 heterocycles. The van der Waals surface area contributed by atoms with E-state index < -0.39 is 0 Å². The quantitative estimate of drug-likeness (QED) is 0.405. The molecule has 0 amide bonds. The van der Waals surface area contributed by atoms with Crippen LogP contribution in [0.1, 0.15) is 69.8 Å². The number of rotatable bonds is 7. The highest BCUT2D eigenvalue weighted by molar-refractivity contribution is 7.59. The molecule has 1 aromatic carbocycles. The fourth-order valence-corrected chi connectivity index (χ4v) is 8.38. The summed E-state index contributed by atoms with van der Waals surface area (Å²) >= 11 is 0. The van der Waals surface area contributed by atoms with Gasteiger partial charge < -0.3 is 0 Å². The van der Waals surface area contributed by atoms with Crippen LogP contribution in [0.5, 0.6) is 0 Å². The summed E-state index contributed by atoms with van der Waals surface area (Å²) in [6.45, 7) is 0. The number of aryl methyl sites for hydroxylation is 1. The Morgan fingerprint density at radius 2 is 1.33 bits per heavy atom. The first-order valence-electron chi connectivity index (χ1n) is 9.23. The summed E-state index contributed by atoms with van der Waals surface area (Å²) in [5.41, 5.74) is 3.84. The Hall–Kier alpha value is -0.350. The molecule has 2 aliphatic carbocycles. The maximum atomic E-state index is 2.29.